The number of nitrogens with zero attached hydrogens (tertiary/aromatic N) is 1. The van der Waals surface area contributed by atoms with Crippen LogP contribution in [0.5, 0.6) is 0 Å². The minimum Gasteiger partial charge on any atom is -0.480 e. The molecule has 0 spiro atoms. The Hall–Kier alpha value is -0.620. The Labute approximate surface area is 115 Å². The summed E-state index contributed by atoms with van der Waals surface area (Å²) in [6, 6.07) is -0.0277. The van der Waals surface area contributed by atoms with Gasteiger partial charge < -0.3 is 5.11 Å². The van der Waals surface area contributed by atoms with Crippen LogP contribution >= 0.6 is 0 Å². The predicted octanol–water partition coefficient (Wildman–Crippen LogP) is 1.38. The van der Waals surface area contributed by atoms with Crippen LogP contribution in [0.1, 0.15) is 40.0 Å². The lowest BCUT2D eigenvalue weighted by Gasteiger charge is -2.32. The molecule has 1 fully saturated rings. The highest BCUT2D eigenvalue weighted by Crippen LogP contribution is 2.22. The SMILES string of the molecule is CC(C)CCC(C)N(CC(=O)O)C1CCS(=O)(=O)C1. The first-order valence-electron chi connectivity index (χ1n) is 6.89. The Balaban J connectivity index is 2.69. The fraction of sp³-hybridized carbons (Fsp3) is 0.923. The van der Waals surface area contributed by atoms with Crippen LogP contribution in [-0.2, 0) is 14.6 Å². The van der Waals surface area contributed by atoms with Gasteiger partial charge in [0.25, 0.3) is 0 Å². The van der Waals surface area contributed by atoms with E-state index in [1.54, 1.807) is 0 Å². The molecule has 1 aliphatic heterocycles. The van der Waals surface area contributed by atoms with Gasteiger partial charge in [-0.15, -0.1) is 0 Å². The molecule has 5 nitrogen and oxygen atoms in total. The number of carboxylic acid groups (broad SMARTS) is 1. The van der Waals surface area contributed by atoms with Gasteiger partial charge in [0.2, 0.25) is 0 Å². The Bertz CT molecular complexity index is 405. The molecule has 0 bridgehead atoms. The summed E-state index contributed by atoms with van der Waals surface area (Å²) >= 11 is 0. The predicted molar refractivity (Wildman–Crippen MR) is 74.9 cm³/mol. The average molecular weight is 291 g/mol. The molecule has 2 unspecified atom stereocenters. The van der Waals surface area contributed by atoms with Crippen LogP contribution in [0.15, 0.2) is 0 Å². The molecular weight excluding hydrogens is 266 g/mol. The Kier molecular flexibility index (Phi) is 5.80. The molecule has 1 N–H and O–H groups in total. The van der Waals surface area contributed by atoms with E-state index in [0.29, 0.717) is 12.3 Å². The molecule has 19 heavy (non-hydrogen) atoms. The maximum Gasteiger partial charge on any atom is 0.317 e. The van der Waals surface area contributed by atoms with Gasteiger partial charge in [0, 0.05) is 12.1 Å². The molecule has 0 aromatic rings. The zero-order chi connectivity index (χ0) is 14.6. The first kappa shape index (κ1) is 16.4. The van der Waals surface area contributed by atoms with Gasteiger partial charge in [0.15, 0.2) is 9.84 Å². The van der Waals surface area contributed by atoms with E-state index in [-0.39, 0.29) is 30.1 Å². The summed E-state index contributed by atoms with van der Waals surface area (Å²) < 4.78 is 23.1. The highest BCUT2D eigenvalue weighted by atomic mass is 32.2. The molecule has 1 saturated heterocycles. The standard InChI is InChI=1S/C13H25NO4S/c1-10(2)4-5-11(3)14(8-13(15)16)12-6-7-19(17,18)9-12/h10-12H,4-9H2,1-3H3,(H,15,16). The van der Waals surface area contributed by atoms with Crippen LogP contribution < -0.4 is 0 Å². The van der Waals surface area contributed by atoms with Gasteiger partial charge >= 0.3 is 5.97 Å². The number of hydrogen-bond acceptors (Lipinski definition) is 4. The van der Waals surface area contributed by atoms with Gasteiger partial charge in [-0.1, -0.05) is 13.8 Å². The molecule has 0 aromatic carbocycles. The summed E-state index contributed by atoms with van der Waals surface area (Å²) in [5.74, 6) is -0.0288. The Morgan fingerprint density at radius 1 is 1.32 bits per heavy atom. The molecule has 0 amide bonds. The Morgan fingerprint density at radius 3 is 2.37 bits per heavy atom. The molecule has 112 valence electrons. The van der Waals surface area contributed by atoms with Crippen molar-refractivity contribution in [1.29, 1.82) is 0 Å². The van der Waals surface area contributed by atoms with E-state index in [0.717, 1.165) is 12.8 Å². The number of hydrogen-bond donors (Lipinski definition) is 1. The van der Waals surface area contributed by atoms with E-state index in [9.17, 15) is 13.2 Å². The topological polar surface area (TPSA) is 74.7 Å². The first-order valence-corrected chi connectivity index (χ1v) is 8.71. The van der Waals surface area contributed by atoms with Gasteiger partial charge in [-0.05, 0) is 32.1 Å². The summed E-state index contributed by atoms with van der Waals surface area (Å²) in [7, 11) is -2.98. The monoisotopic (exact) mass is 291 g/mol. The minimum atomic E-state index is -2.98. The number of rotatable bonds is 7. The van der Waals surface area contributed by atoms with Crippen molar-refractivity contribution in [2.45, 2.75) is 52.1 Å². The van der Waals surface area contributed by atoms with Crippen LogP contribution in [0.2, 0.25) is 0 Å². The summed E-state index contributed by atoms with van der Waals surface area (Å²) in [4.78, 5) is 12.8. The number of aliphatic carboxylic acids is 1. The van der Waals surface area contributed by atoms with Crippen molar-refractivity contribution in [2.75, 3.05) is 18.1 Å². The summed E-state index contributed by atoms with van der Waals surface area (Å²) in [5.41, 5.74) is 0. The van der Waals surface area contributed by atoms with Crippen LogP contribution in [0, 0.1) is 5.92 Å². The lowest BCUT2D eigenvalue weighted by molar-refractivity contribution is -0.139. The third-order valence-corrected chi connectivity index (χ3v) is 5.47. The van der Waals surface area contributed by atoms with Crippen LogP contribution in [0.3, 0.4) is 0 Å². The van der Waals surface area contributed by atoms with E-state index in [1.165, 1.54) is 0 Å². The van der Waals surface area contributed by atoms with E-state index < -0.39 is 15.8 Å². The largest absolute Gasteiger partial charge is 0.480 e. The zero-order valence-electron chi connectivity index (χ0n) is 12.0. The molecule has 1 heterocycles. The zero-order valence-corrected chi connectivity index (χ0v) is 12.8. The fourth-order valence-electron chi connectivity index (χ4n) is 2.58. The molecule has 2 atom stereocenters. The first-order chi connectivity index (χ1) is 8.71. The second-order valence-corrected chi connectivity index (χ2v) is 8.17. The summed E-state index contributed by atoms with van der Waals surface area (Å²) in [6.07, 6.45) is 2.49. The highest BCUT2D eigenvalue weighted by Gasteiger charge is 2.35. The second kappa shape index (κ2) is 6.70. The Morgan fingerprint density at radius 2 is 1.95 bits per heavy atom. The normalized spacial score (nSPS) is 23.9. The summed E-state index contributed by atoms with van der Waals surface area (Å²) in [5, 5.41) is 9.01. The molecular formula is C13H25NO4S. The fourth-order valence-corrected chi connectivity index (χ4v) is 4.32. The molecule has 6 heteroatoms. The van der Waals surface area contributed by atoms with Crippen molar-refractivity contribution >= 4 is 15.8 Å². The van der Waals surface area contributed by atoms with Crippen molar-refractivity contribution in [1.82, 2.24) is 4.90 Å². The van der Waals surface area contributed by atoms with Crippen molar-refractivity contribution in [3.05, 3.63) is 0 Å². The van der Waals surface area contributed by atoms with Crippen molar-refractivity contribution < 1.29 is 18.3 Å². The molecule has 1 rings (SSSR count). The van der Waals surface area contributed by atoms with Crippen LogP contribution in [0.25, 0.3) is 0 Å². The third kappa shape index (κ3) is 5.48. The maximum absolute atomic E-state index is 11.5. The lowest BCUT2D eigenvalue weighted by atomic mass is 10.0. The summed E-state index contributed by atoms with van der Waals surface area (Å²) in [6.45, 7) is 6.19. The van der Waals surface area contributed by atoms with Gasteiger partial charge in [-0.3, -0.25) is 9.69 Å². The van der Waals surface area contributed by atoms with Crippen LogP contribution in [-0.4, -0.2) is 54.5 Å². The van der Waals surface area contributed by atoms with Crippen molar-refractivity contribution in [3.63, 3.8) is 0 Å². The average Bonchev–Trinajstić information content (AvgIpc) is 2.62. The smallest absolute Gasteiger partial charge is 0.317 e. The van der Waals surface area contributed by atoms with Gasteiger partial charge in [-0.25, -0.2) is 8.42 Å². The number of carboxylic acids is 1. The second-order valence-electron chi connectivity index (χ2n) is 5.94. The molecule has 0 aromatic heterocycles. The van der Waals surface area contributed by atoms with Gasteiger partial charge in [0.1, 0.15) is 0 Å². The molecule has 0 aliphatic carbocycles. The minimum absolute atomic E-state index is 0.0700. The quantitative estimate of drug-likeness (QED) is 0.767. The molecule has 0 radical (unpaired) electrons. The molecule has 0 saturated carbocycles. The highest BCUT2D eigenvalue weighted by molar-refractivity contribution is 7.91. The third-order valence-electron chi connectivity index (χ3n) is 3.72. The maximum atomic E-state index is 11.5. The van der Waals surface area contributed by atoms with Crippen molar-refractivity contribution in [3.8, 4) is 0 Å². The lowest BCUT2D eigenvalue weighted by Crippen LogP contribution is -2.45. The molecule has 1 aliphatic rings. The van der Waals surface area contributed by atoms with Gasteiger partial charge in [0.05, 0.1) is 18.1 Å². The van der Waals surface area contributed by atoms with E-state index in [1.807, 2.05) is 11.8 Å². The number of sulfone groups is 1. The van der Waals surface area contributed by atoms with E-state index in [4.69, 9.17) is 5.11 Å². The van der Waals surface area contributed by atoms with E-state index >= 15 is 0 Å². The van der Waals surface area contributed by atoms with Crippen LogP contribution in [0.4, 0.5) is 0 Å². The van der Waals surface area contributed by atoms with Crippen molar-refractivity contribution in [2.24, 2.45) is 5.92 Å². The van der Waals surface area contributed by atoms with Gasteiger partial charge in [-0.2, -0.15) is 0 Å². The number of carbonyl (C=O) groups is 1. The van der Waals surface area contributed by atoms with E-state index in [2.05, 4.69) is 13.8 Å².